The third kappa shape index (κ3) is 2.63. The monoisotopic (exact) mass is 274 g/mol. The van der Waals surface area contributed by atoms with E-state index in [0.717, 1.165) is 34.0 Å². The molecule has 0 aliphatic heterocycles. The van der Waals surface area contributed by atoms with Gasteiger partial charge < -0.3 is 5.32 Å². The van der Waals surface area contributed by atoms with Crippen molar-refractivity contribution in [2.24, 2.45) is 5.92 Å². The second-order valence-corrected chi connectivity index (χ2v) is 5.96. The number of aromatic nitrogens is 3. The van der Waals surface area contributed by atoms with Gasteiger partial charge in [-0.25, -0.2) is 4.98 Å². The van der Waals surface area contributed by atoms with Crippen LogP contribution >= 0.6 is 11.3 Å². The van der Waals surface area contributed by atoms with Gasteiger partial charge in [0.15, 0.2) is 0 Å². The summed E-state index contributed by atoms with van der Waals surface area (Å²) in [5, 5.41) is 12.8. The molecule has 1 N–H and O–H groups in total. The van der Waals surface area contributed by atoms with Crippen LogP contribution in [0.15, 0.2) is 12.3 Å². The Labute approximate surface area is 115 Å². The fraction of sp³-hybridized carbons (Fsp3) is 0.385. The molecule has 1 amide bonds. The molecule has 2 aromatic heterocycles. The van der Waals surface area contributed by atoms with E-state index in [1.165, 1.54) is 0 Å². The fourth-order valence-corrected chi connectivity index (χ4v) is 2.59. The van der Waals surface area contributed by atoms with Gasteiger partial charge in [0.25, 0.3) is 0 Å². The summed E-state index contributed by atoms with van der Waals surface area (Å²) in [7, 11) is 0. The van der Waals surface area contributed by atoms with Gasteiger partial charge in [-0.15, -0.1) is 10.2 Å². The maximum atomic E-state index is 11.7. The van der Waals surface area contributed by atoms with Crippen LogP contribution in [-0.2, 0) is 4.79 Å². The summed E-state index contributed by atoms with van der Waals surface area (Å²) in [6.07, 6.45) is 3.73. The summed E-state index contributed by atoms with van der Waals surface area (Å²) in [5.74, 6) is 0.874. The Morgan fingerprint density at radius 2 is 2.16 bits per heavy atom. The number of pyridine rings is 1. The molecule has 0 unspecified atom stereocenters. The molecule has 1 saturated carbocycles. The minimum absolute atomic E-state index is 0.0754. The predicted octanol–water partition coefficient (Wildman–Crippen LogP) is 2.57. The van der Waals surface area contributed by atoms with Crippen LogP contribution in [0.25, 0.3) is 10.6 Å². The van der Waals surface area contributed by atoms with Crippen LogP contribution < -0.4 is 5.32 Å². The molecule has 0 saturated heterocycles. The minimum atomic E-state index is 0.0754. The van der Waals surface area contributed by atoms with Crippen LogP contribution in [0.1, 0.15) is 23.4 Å². The summed E-state index contributed by atoms with van der Waals surface area (Å²) >= 11 is 1.54. The van der Waals surface area contributed by atoms with Crippen molar-refractivity contribution < 1.29 is 4.79 Å². The third-order valence-corrected chi connectivity index (χ3v) is 3.94. The number of hydrogen-bond donors (Lipinski definition) is 1. The first-order valence-corrected chi connectivity index (χ1v) is 7.03. The van der Waals surface area contributed by atoms with Crippen molar-refractivity contribution in [1.29, 1.82) is 0 Å². The molecule has 1 aliphatic rings. The van der Waals surface area contributed by atoms with Gasteiger partial charge in [0.05, 0.1) is 0 Å². The highest BCUT2D eigenvalue weighted by atomic mass is 32.1. The molecule has 3 rings (SSSR count). The summed E-state index contributed by atoms with van der Waals surface area (Å²) < 4.78 is 0. The van der Waals surface area contributed by atoms with Crippen molar-refractivity contribution in [3.63, 3.8) is 0 Å². The number of nitrogens with zero attached hydrogens (tertiary/aromatic N) is 3. The molecule has 6 heteroatoms. The van der Waals surface area contributed by atoms with Gasteiger partial charge in [-0.05, 0) is 38.3 Å². The molecule has 0 bridgehead atoms. The second kappa shape index (κ2) is 4.70. The second-order valence-electron chi connectivity index (χ2n) is 4.77. The number of rotatable bonds is 3. The number of carbonyl (C=O) groups is 1. The fourth-order valence-electron chi connectivity index (χ4n) is 1.83. The largest absolute Gasteiger partial charge is 0.310 e. The Kier molecular flexibility index (Phi) is 3.02. The highest BCUT2D eigenvalue weighted by Crippen LogP contribution is 2.31. The average Bonchev–Trinajstić information content (AvgIpc) is 3.13. The average molecular weight is 274 g/mol. The molecule has 2 heterocycles. The summed E-state index contributed by atoms with van der Waals surface area (Å²) in [6.45, 7) is 3.91. The van der Waals surface area contributed by atoms with E-state index >= 15 is 0 Å². The summed E-state index contributed by atoms with van der Waals surface area (Å²) in [5.41, 5.74) is 2.01. The van der Waals surface area contributed by atoms with Gasteiger partial charge in [-0.3, -0.25) is 4.79 Å². The number of amides is 1. The van der Waals surface area contributed by atoms with Gasteiger partial charge in [-0.2, -0.15) is 0 Å². The number of nitrogens with one attached hydrogen (secondary N) is 1. The Hall–Kier alpha value is -1.82. The molecular formula is C13H14N4OS. The maximum absolute atomic E-state index is 11.7. The SMILES string of the molecule is Cc1nnc(-c2cnc(NC(=O)C3CC3)cc2C)s1. The summed E-state index contributed by atoms with van der Waals surface area (Å²) in [6, 6.07) is 1.88. The van der Waals surface area contributed by atoms with E-state index in [2.05, 4.69) is 20.5 Å². The molecule has 19 heavy (non-hydrogen) atoms. The highest BCUT2D eigenvalue weighted by Gasteiger charge is 2.29. The Balaban J connectivity index is 1.83. The number of aryl methyl sites for hydroxylation is 2. The lowest BCUT2D eigenvalue weighted by atomic mass is 10.1. The number of carbonyl (C=O) groups excluding carboxylic acids is 1. The molecule has 0 atom stereocenters. The molecule has 1 aliphatic carbocycles. The van der Waals surface area contributed by atoms with Crippen molar-refractivity contribution >= 4 is 23.1 Å². The van der Waals surface area contributed by atoms with E-state index in [1.807, 2.05) is 19.9 Å². The molecule has 0 radical (unpaired) electrons. The van der Waals surface area contributed by atoms with Crippen molar-refractivity contribution in [3.8, 4) is 10.6 Å². The topological polar surface area (TPSA) is 67.8 Å². The van der Waals surface area contributed by atoms with Crippen molar-refractivity contribution in [2.75, 3.05) is 5.32 Å². The van der Waals surface area contributed by atoms with E-state index in [9.17, 15) is 4.79 Å². The zero-order valence-corrected chi connectivity index (χ0v) is 11.6. The van der Waals surface area contributed by atoms with Crippen LogP contribution in [-0.4, -0.2) is 21.1 Å². The van der Waals surface area contributed by atoms with Crippen molar-refractivity contribution in [1.82, 2.24) is 15.2 Å². The zero-order valence-electron chi connectivity index (χ0n) is 10.8. The number of anilines is 1. The standard InChI is InChI=1S/C13H14N4OS/c1-7-5-11(15-12(18)9-3-4-9)14-6-10(7)13-17-16-8(2)19-13/h5-6,9H,3-4H2,1-2H3,(H,14,15,18). The third-order valence-electron chi connectivity index (χ3n) is 3.07. The van der Waals surface area contributed by atoms with E-state index in [-0.39, 0.29) is 11.8 Å². The van der Waals surface area contributed by atoms with Gasteiger partial charge in [0.1, 0.15) is 15.8 Å². The Morgan fingerprint density at radius 3 is 2.74 bits per heavy atom. The lowest BCUT2D eigenvalue weighted by Crippen LogP contribution is -2.14. The quantitative estimate of drug-likeness (QED) is 0.934. The molecule has 2 aromatic rings. The lowest BCUT2D eigenvalue weighted by Gasteiger charge is -2.06. The minimum Gasteiger partial charge on any atom is -0.310 e. The maximum Gasteiger partial charge on any atom is 0.228 e. The Bertz CT molecular complexity index is 633. The van der Waals surface area contributed by atoms with Crippen molar-refractivity contribution in [2.45, 2.75) is 26.7 Å². The number of hydrogen-bond acceptors (Lipinski definition) is 5. The van der Waals surface area contributed by atoms with Gasteiger partial charge in [0.2, 0.25) is 5.91 Å². The first kappa shape index (κ1) is 12.2. The van der Waals surface area contributed by atoms with E-state index < -0.39 is 0 Å². The van der Waals surface area contributed by atoms with Gasteiger partial charge in [0, 0.05) is 17.7 Å². The predicted molar refractivity (Wildman–Crippen MR) is 74.0 cm³/mol. The molecular weight excluding hydrogens is 260 g/mol. The van der Waals surface area contributed by atoms with Gasteiger partial charge >= 0.3 is 0 Å². The molecule has 98 valence electrons. The van der Waals surface area contributed by atoms with Crippen LogP contribution in [0.4, 0.5) is 5.82 Å². The lowest BCUT2D eigenvalue weighted by molar-refractivity contribution is -0.117. The first-order chi connectivity index (χ1) is 9.13. The smallest absolute Gasteiger partial charge is 0.228 e. The molecule has 0 spiro atoms. The van der Waals surface area contributed by atoms with Crippen LogP contribution in [0.5, 0.6) is 0 Å². The van der Waals surface area contributed by atoms with Gasteiger partial charge in [-0.1, -0.05) is 11.3 Å². The van der Waals surface area contributed by atoms with E-state index in [0.29, 0.717) is 5.82 Å². The van der Waals surface area contributed by atoms with Crippen LogP contribution in [0.3, 0.4) is 0 Å². The van der Waals surface area contributed by atoms with E-state index in [1.54, 1.807) is 17.5 Å². The normalized spacial score (nSPS) is 14.4. The molecule has 5 nitrogen and oxygen atoms in total. The Morgan fingerprint density at radius 1 is 1.37 bits per heavy atom. The van der Waals surface area contributed by atoms with Crippen molar-refractivity contribution in [3.05, 3.63) is 22.8 Å². The van der Waals surface area contributed by atoms with E-state index in [4.69, 9.17) is 0 Å². The highest BCUT2D eigenvalue weighted by molar-refractivity contribution is 7.14. The van der Waals surface area contributed by atoms with Crippen LogP contribution in [0.2, 0.25) is 0 Å². The summed E-state index contributed by atoms with van der Waals surface area (Å²) in [4.78, 5) is 16.0. The molecule has 1 fully saturated rings. The first-order valence-electron chi connectivity index (χ1n) is 6.21. The zero-order chi connectivity index (χ0) is 13.4. The van der Waals surface area contributed by atoms with Crippen LogP contribution in [0, 0.1) is 19.8 Å². The molecule has 0 aromatic carbocycles.